The topological polar surface area (TPSA) is 12.0 Å². The predicted octanol–water partition coefficient (Wildman–Crippen LogP) is 5.63. The summed E-state index contributed by atoms with van der Waals surface area (Å²) in [6.07, 6.45) is 0. The quantitative estimate of drug-likeness (QED) is 0.634. The van der Waals surface area contributed by atoms with Gasteiger partial charge in [0.15, 0.2) is 0 Å². The number of hydrogen-bond acceptors (Lipinski definition) is 2. The van der Waals surface area contributed by atoms with Crippen molar-refractivity contribution in [3.63, 3.8) is 0 Å². The van der Waals surface area contributed by atoms with Gasteiger partial charge in [-0.3, -0.25) is 0 Å². The number of nitrogens with one attached hydrogen (secondary N) is 1. The highest BCUT2D eigenvalue weighted by molar-refractivity contribution is 9.10. The van der Waals surface area contributed by atoms with Crippen LogP contribution in [-0.2, 0) is 0 Å². The molecule has 102 valence electrons. The fraction of sp³-hybridized carbons (Fsp3) is 0.125. The van der Waals surface area contributed by atoms with Crippen LogP contribution in [0.1, 0.15) is 17.2 Å². The molecule has 0 saturated heterocycles. The Balaban J connectivity index is 2.12. The molecule has 1 nitrogen and oxygen atoms in total. The van der Waals surface area contributed by atoms with Gasteiger partial charge in [0, 0.05) is 14.2 Å². The first kappa shape index (κ1) is 14.1. The lowest BCUT2D eigenvalue weighted by atomic mass is 9.98. The summed E-state index contributed by atoms with van der Waals surface area (Å²) >= 11 is 11.4. The summed E-state index contributed by atoms with van der Waals surface area (Å²) in [5.41, 5.74) is 2.52. The van der Waals surface area contributed by atoms with Crippen molar-refractivity contribution in [1.82, 2.24) is 5.32 Å². The Morgan fingerprint density at radius 2 is 1.90 bits per heavy atom. The monoisotopic (exact) mass is 365 g/mol. The van der Waals surface area contributed by atoms with E-state index in [4.69, 9.17) is 11.6 Å². The van der Waals surface area contributed by atoms with Crippen molar-refractivity contribution in [3.05, 3.63) is 68.5 Å². The van der Waals surface area contributed by atoms with Crippen LogP contribution in [0, 0.1) is 0 Å². The van der Waals surface area contributed by atoms with E-state index in [-0.39, 0.29) is 6.04 Å². The molecule has 1 heterocycles. The molecule has 0 aliphatic rings. The third-order valence-corrected chi connectivity index (χ3v) is 5.61. The molecule has 1 unspecified atom stereocenters. The maximum Gasteiger partial charge on any atom is 0.0588 e. The van der Waals surface area contributed by atoms with Gasteiger partial charge in [-0.15, -0.1) is 11.3 Å². The van der Waals surface area contributed by atoms with Crippen LogP contribution >= 0.6 is 38.9 Å². The van der Waals surface area contributed by atoms with Gasteiger partial charge in [0.2, 0.25) is 0 Å². The first-order chi connectivity index (χ1) is 9.70. The summed E-state index contributed by atoms with van der Waals surface area (Å²) in [5.74, 6) is 0. The standard InChI is InChI=1S/C16H13BrClNS/c1-19-15(10-5-7-11(18)8-6-10)13-9-20-16-12(13)3-2-4-14(16)17/h2-9,15,19H,1H3. The number of hydrogen-bond donors (Lipinski definition) is 1. The second kappa shape index (κ2) is 5.86. The number of fused-ring (bicyclic) bond motifs is 1. The molecule has 1 N–H and O–H groups in total. The molecule has 0 saturated carbocycles. The van der Waals surface area contributed by atoms with E-state index >= 15 is 0 Å². The third kappa shape index (κ3) is 2.51. The molecule has 4 heteroatoms. The van der Waals surface area contributed by atoms with E-state index in [1.165, 1.54) is 21.2 Å². The zero-order chi connectivity index (χ0) is 14.1. The Morgan fingerprint density at radius 3 is 2.60 bits per heavy atom. The van der Waals surface area contributed by atoms with Crippen LogP contribution in [0.5, 0.6) is 0 Å². The SMILES string of the molecule is CNC(c1ccc(Cl)cc1)c1csc2c(Br)cccc12. The summed E-state index contributed by atoms with van der Waals surface area (Å²) in [6.45, 7) is 0. The highest BCUT2D eigenvalue weighted by Gasteiger charge is 2.17. The highest BCUT2D eigenvalue weighted by atomic mass is 79.9. The second-order valence-electron chi connectivity index (χ2n) is 4.58. The molecule has 1 atom stereocenters. The molecule has 0 bridgehead atoms. The Bertz CT molecular complexity index is 736. The maximum absolute atomic E-state index is 5.98. The molecule has 0 aliphatic carbocycles. The predicted molar refractivity (Wildman–Crippen MR) is 91.9 cm³/mol. The van der Waals surface area contributed by atoms with E-state index in [1.807, 2.05) is 19.2 Å². The van der Waals surface area contributed by atoms with E-state index in [0.29, 0.717) is 0 Å². The summed E-state index contributed by atoms with van der Waals surface area (Å²) in [6, 6.07) is 14.5. The molecule has 2 aromatic carbocycles. The molecule has 0 fully saturated rings. The molecular formula is C16H13BrClNS. The zero-order valence-corrected chi connectivity index (χ0v) is 14.0. The molecule has 3 rings (SSSR count). The van der Waals surface area contributed by atoms with E-state index in [9.17, 15) is 0 Å². The summed E-state index contributed by atoms with van der Waals surface area (Å²) < 4.78 is 2.44. The van der Waals surface area contributed by atoms with Crippen LogP contribution < -0.4 is 5.32 Å². The van der Waals surface area contributed by atoms with Gasteiger partial charge in [-0.05, 0) is 63.1 Å². The van der Waals surface area contributed by atoms with Crippen LogP contribution in [-0.4, -0.2) is 7.05 Å². The molecule has 0 spiro atoms. The van der Waals surface area contributed by atoms with E-state index in [0.717, 1.165) is 9.50 Å². The van der Waals surface area contributed by atoms with E-state index in [2.05, 4.69) is 57.0 Å². The molecule has 20 heavy (non-hydrogen) atoms. The van der Waals surface area contributed by atoms with Crippen LogP contribution in [0.2, 0.25) is 5.02 Å². The first-order valence-electron chi connectivity index (χ1n) is 6.29. The van der Waals surface area contributed by atoms with Crippen LogP contribution in [0.15, 0.2) is 52.3 Å². The van der Waals surface area contributed by atoms with E-state index < -0.39 is 0 Å². The van der Waals surface area contributed by atoms with Gasteiger partial charge < -0.3 is 5.32 Å². The summed E-state index contributed by atoms with van der Waals surface area (Å²) in [7, 11) is 1.99. The minimum absolute atomic E-state index is 0.176. The number of halogens is 2. The normalized spacial score (nSPS) is 12.8. The number of rotatable bonds is 3. The first-order valence-corrected chi connectivity index (χ1v) is 8.34. The number of benzene rings is 2. The molecular weight excluding hydrogens is 354 g/mol. The van der Waals surface area contributed by atoms with Crippen molar-refractivity contribution in [2.24, 2.45) is 0 Å². The lowest BCUT2D eigenvalue weighted by molar-refractivity contribution is 0.699. The summed E-state index contributed by atoms with van der Waals surface area (Å²) in [5, 5.41) is 7.68. The Labute approximate surface area is 135 Å². The summed E-state index contributed by atoms with van der Waals surface area (Å²) in [4.78, 5) is 0. The average Bonchev–Trinajstić information content (AvgIpc) is 2.87. The Kier molecular flexibility index (Phi) is 4.13. The van der Waals surface area contributed by atoms with Crippen LogP contribution in [0.3, 0.4) is 0 Å². The van der Waals surface area contributed by atoms with Gasteiger partial charge in [-0.25, -0.2) is 0 Å². The van der Waals surface area contributed by atoms with Crippen molar-refractivity contribution >= 4 is 49.0 Å². The third-order valence-electron chi connectivity index (χ3n) is 3.38. The highest BCUT2D eigenvalue weighted by Crippen LogP contribution is 2.37. The van der Waals surface area contributed by atoms with Gasteiger partial charge in [0.25, 0.3) is 0 Å². The van der Waals surface area contributed by atoms with Crippen LogP contribution in [0.25, 0.3) is 10.1 Å². The van der Waals surface area contributed by atoms with Gasteiger partial charge in [-0.2, -0.15) is 0 Å². The van der Waals surface area contributed by atoms with Crippen LogP contribution in [0.4, 0.5) is 0 Å². The average molecular weight is 367 g/mol. The minimum Gasteiger partial charge on any atom is -0.309 e. The van der Waals surface area contributed by atoms with Crippen molar-refractivity contribution in [3.8, 4) is 0 Å². The minimum atomic E-state index is 0.176. The van der Waals surface area contributed by atoms with Gasteiger partial charge in [-0.1, -0.05) is 35.9 Å². The van der Waals surface area contributed by atoms with E-state index in [1.54, 1.807) is 11.3 Å². The Morgan fingerprint density at radius 1 is 1.15 bits per heavy atom. The maximum atomic E-state index is 5.98. The van der Waals surface area contributed by atoms with Crippen molar-refractivity contribution in [2.75, 3.05) is 7.05 Å². The molecule has 1 aromatic heterocycles. The molecule has 0 radical (unpaired) electrons. The molecule has 0 amide bonds. The Hall–Kier alpha value is -0.870. The lowest BCUT2D eigenvalue weighted by Gasteiger charge is -2.16. The largest absolute Gasteiger partial charge is 0.309 e. The lowest BCUT2D eigenvalue weighted by Crippen LogP contribution is -2.17. The second-order valence-corrected chi connectivity index (χ2v) is 6.75. The van der Waals surface area contributed by atoms with Crippen molar-refractivity contribution in [1.29, 1.82) is 0 Å². The molecule has 0 aliphatic heterocycles. The fourth-order valence-electron chi connectivity index (χ4n) is 2.42. The van der Waals surface area contributed by atoms with Gasteiger partial charge in [0.1, 0.15) is 0 Å². The fourth-order valence-corrected chi connectivity index (χ4v) is 4.20. The number of thiophene rings is 1. The van der Waals surface area contributed by atoms with Crippen molar-refractivity contribution < 1.29 is 0 Å². The van der Waals surface area contributed by atoms with Gasteiger partial charge >= 0.3 is 0 Å². The van der Waals surface area contributed by atoms with Crippen molar-refractivity contribution in [2.45, 2.75) is 6.04 Å². The molecule has 3 aromatic rings. The van der Waals surface area contributed by atoms with Gasteiger partial charge in [0.05, 0.1) is 6.04 Å². The smallest absolute Gasteiger partial charge is 0.0588 e. The zero-order valence-electron chi connectivity index (χ0n) is 10.9.